The van der Waals surface area contributed by atoms with E-state index < -0.39 is 0 Å². The van der Waals surface area contributed by atoms with Crippen LogP contribution in [-0.2, 0) is 5.41 Å². The summed E-state index contributed by atoms with van der Waals surface area (Å²) in [6, 6.07) is 4.88. The van der Waals surface area contributed by atoms with Crippen LogP contribution in [0.3, 0.4) is 0 Å². The van der Waals surface area contributed by atoms with Crippen LogP contribution in [-0.4, -0.2) is 12.6 Å². The Labute approximate surface area is 117 Å². The van der Waals surface area contributed by atoms with Crippen molar-refractivity contribution in [2.45, 2.75) is 59.4 Å². The summed E-state index contributed by atoms with van der Waals surface area (Å²) in [5.41, 5.74) is 4.05. The highest BCUT2D eigenvalue weighted by atomic mass is 35.5. The minimum atomic E-state index is 0.182. The van der Waals surface area contributed by atoms with E-state index in [1.54, 1.807) is 0 Å². The van der Waals surface area contributed by atoms with Crippen molar-refractivity contribution >= 4 is 11.6 Å². The predicted molar refractivity (Wildman–Crippen MR) is 81.7 cm³/mol. The van der Waals surface area contributed by atoms with E-state index in [1.807, 2.05) is 0 Å². The van der Waals surface area contributed by atoms with E-state index in [0.29, 0.717) is 6.04 Å². The second kappa shape index (κ2) is 6.08. The monoisotopic (exact) mass is 267 g/mol. The van der Waals surface area contributed by atoms with Crippen LogP contribution in [0.5, 0.6) is 0 Å². The van der Waals surface area contributed by atoms with Crippen molar-refractivity contribution in [3.63, 3.8) is 0 Å². The fraction of sp³-hybridized carbons (Fsp3) is 0.625. The van der Waals surface area contributed by atoms with Gasteiger partial charge in [0.05, 0.1) is 0 Å². The number of aryl methyl sites for hydroxylation is 2. The number of nitrogens with one attached hydrogen (secondary N) is 1. The average Bonchev–Trinajstić information content (AvgIpc) is 2.22. The zero-order valence-corrected chi connectivity index (χ0v) is 13.3. The van der Waals surface area contributed by atoms with Crippen LogP contribution in [0.15, 0.2) is 12.1 Å². The quantitative estimate of drug-likeness (QED) is 0.821. The second-order valence-corrected chi connectivity index (χ2v) is 6.57. The first kappa shape index (κ1) is 15.5. The van der Waals surface area contributed by atoms with Crippen molar-refractivity contribution in [1.29, 1.82) is 0 Å². The molecule has 1 nitrogen and oxygen atoms in total. The Morgan fingerprint density at radius 2 is 1.78 bits per heavy atom. The third-order valence-electron chi connectivity index (χ3n) is 3.54. The zero-order valence-electron chi connectivity index (χ0n) is 12.5. The number of hydrogen-bond acceptors (Lipinski definition) is 1. The minimum absolute atomic E-state index is 0.182. The molecular formula is C16H26ClN. The molecule has 102 valence electrons. The zero-order chi connectivity index (χ0) is 13.9. The molecule has 0 fully saturated rings. The molecule has 0 aliphatic carbocycles. The van der Waals surface area contributed by atoms with Crippen LogP contribution in [0, 0.1) is 13.8 Å². The maximum atomic E-state index is 6.17. The Bertz CT molecular complexity index is 408. The molecule has 0 aliphatic heterocycles. The largest absolute Gasteiger partial charge is 0.315 e. The molecule has 18 heavy (non-hydrogen) atoms. The fourth-order valence-corrected chi connectivity index (χ4v) is 2.54. The Kier molecular flexibility index (Phi) is 5.24. The van der Waals surface area contributed by atoms with Crippen LogP contribution < -0.4 is 5.32 Å². The molecule has 0 amide bonds. The topological polar surface area (TPSA) is 12.0 Å². The molecule has 0 aromatic heterocycles. The fourth-order valence-electron chi connectivity index (χ4n) is 2.32. The molecule has 0 aliphatic rings. The normalized spacial score (nSPS) is 12.2. The molecule has 0 spiro atoms. The van der Waals surface area contributed by atoms with Gasteiger partial charge in [-0.15, -0.1) is 0 Å². The van der Waals surface area contributed by atoms with E-state index in [0.717, 1.165) is 18.0 Å². The predicted octanol–water partition coefficient (Wildman–Crippen LogP) is 4.62. The molecule has 1 N–H and O–H groups in total. The Balaban J connectivity index is 2.87. The van der Waals surface area contributed by atoms with Gasteiger partial charge in [-0.1, -0.05) is 45.4 Å². The van der Waals surface area contributed by atoms with Crippen molar-refractivity contribution in [2.75, 3.05) is 6.54 Å². The first-order chi connectivity index (χ1) is 8.24. The highest BCUT2D eigenvalue weighted by molar-refractivity contribution is 6.31. The SMILES string of the molecule is Cc1cc(C(C)(C)CCNC(C)C)c(C)cc1Cl. The van der Waals surface area contributed by atoms with Gasteiger partial charge < -0.3 is 5.32 Å². The summed E-state index contributed by atoms with van der Waals surface area (Å²) in [4.78, 5) is 0. The summed E-state index contributed by atoms with van der Waals surface area (Å²) in [5.74, 6) is 0. The first-order valence-corrected chi connectivity index (χ1v) is 7.12. The van der Waals surface area contributed by atoms with Crippen molar-refractivity contribution < 1.29 is 0 Å². The molecule has 1 aromatic carbocycles. The second-order valence-electron chi connectivity index (χ2n) is 6.16. The van der Waals surface area contributed by atoms with E-state index in [-0.39, 0.29) is 5.41 Å². The lowest BCUT2D eigenvalue weighted by molar-refractivity contribution is 0.439. The molecule has 0 saturated heterocycles. The molecule has 0 bridgehead atoms. The van der Waals surface area contributed by atoms with Crippen molar-refractivity contribution in [3.8, 4) is 0 Å². The Morgan fingerprint density at radius 3 is 2.33 bits per heavy atom. The number of benzene rings is 1. The maximum Gasteiger partial charge on any atom is 0.0438 e. The van der Waals surface area contributed by atoms with Gasteiger partial charge >= 0.3 is 0 Å². The highest BCUT2D eigenvalue weighted by Gasteiger charge is 2.22. The van der Waals surface area contributed by atoms with Gasteiger partial charge in [0.15, 0.2) is 0 Å². The molecule has 0 atom stereocenters. The van der Waals surface area contributed by atoms with Crippen molar-refractivity contribution in [3.05, 3.63) is 33.8 Å². The molecule has 0 radical (unpaired) electrons. The van der Waals surface area contributed by atoms with Gasteiger partial charge in [0.2, 0.25) is 0 Å². The smallest absolute Gasteiger partial charge is 0.0438 e. The lowest BCUT2D eigenvalue weighted by Gasteiger charge is -2.28. The number of hydrogen-bond donors (Lipinski definition) is 1. The molecule has 1 aromatic rings. The van der Waals surface area contributed by atoms with Gasteiger partial charge in [-0.25, -0.2) is 0 Å². The number of halogens is 1. The maximum absolute atomic E-state index is 6.17. The summed E-state index contributed by atoms with van der Waals surface area (Å²) < 4.78 is 0. The Morgan fingerprint density at radius 1 is 1.17 bits per heavy atom. The third kappa shape index (κ3) is 4.00. The summed E-state index contributed by atoms with van der Waals surface area (Å²) in [6.45, 7) is 14.3. The van der Waals surface area contributed by atoms with Crippen LogP contribution in [0.1, 0.15) is 50.8 Å². The van der Waals surface area contributed by atoms with Gasteiger partial charge in [0, 0.05) is 11.1 Å². The van der Waals surface area contributed by atoms with Crippen LogP contribution in [0.25, 0.3) is 0 Å². The van der Waals surface area contributed by atoms with Crippen LogP contribution in [0.4, 0.5) is 0 Å². The van der Waals surface area contributed by atoms with E-state index in [2.05, 4.69) is 59.0 Å². The summed E-state index contributed by atoms with van der Waals surface area (Å²) >= 11 is 6.17. The molecule has 0 saturated carbocycles. The molecule has 0 heterocycles. The molecule has 1 rings (SSSR count). The van der Waals surface area contributed by atoms with Gasteiger partial charge in [-0.2, -0.15) is 0 Å². The van der Waals surface area contributed by atoms with Gasteiger partial charge in [-0.3, -0.25) is 0 Å². The lowest BCUT2D eigenvalue weighted by atomic mass is 9.78. The van der Waals surface area contributed by atoms with E-state index >= 15 is 0 Å². The van der Waals surface area contributed by atoms with Crippen molar-refractivity contribution in [1.82, 2.24) is 5.32 Å². The van der Waals surface area contributed by atoms with Crippen LogP contribution >= 0.6 is 11.6 Å². The van der Waals surface area contributed by atoms with Gasteiger partial charge in [-0.05, 0) is 55.0 Å². The van der Waals surface area contributed by atoms with Gasteiger partial charge in [0.25, 0.3) is 0 Å². The third-order valence-corrected chi connectivity index (χ3v) is 3.94. The van der Waals surface area contributed by atoms with E-state index in [1.165, 1.54) is 16.7 Å². The summed E-state index contributed by atoms with van der Waals surface area (Å²) in [7, 11) is 0. The summed E-state index contributed by atoms with van der Waals surface area (Å²) in [6.07, 6.45) is 1.13. The number of rotatable bonds is 5. The molecule has 2 heteroatoms. The average molecular weight is 268 g/mol. The van der Waals surface area contributed by atoms with E-state index in [4.69, 9.17) is 11.6 Å². The lowest BCUT2D eigenvalue weighted by Crippen LogP contribution is -2.30. The standard InChI is InChI=1S/C16H26ClN/c1-11(2)18-8-7-16(5,6)14-9-13(4)15(17)10-12(14)3/h9-11,18H,7-8H2,1-6H3. The van der Waals surface area contributed by atoms with Gasteiger partial charge in [0.1, 0.15) is 0 Å². The molecule has 0 unspecified atom stereocenters. The van der Waals surface area contributed by atoms with Crippen molar-refractivity contribution in [2.24, 2.45) is 0 Å². The summed E-state index contributed by atoms with van der Waals surface area (Å²) in [5, 5.41) is 4.36. The highest BCUT2D eigenvalue weighted by Crippen LogP contribution is 2.32. The minimum Gasteiger partial charge on any atom is -0.315 e. The Hall–Kier alpha value is -0.530. The van der Waals surface area contributed by atoms with E-state index in [9.17, 15) is 0 Å². The van der Waals surface area contributed by atoms with Crippen LogP contribution in [0.2, 0.25) is 5.02 Å². The first-order valence-electron chi connectivity index (χ1n) is 6.74. The molecular weight excluding hydrogens is 242 g/mol.